The molecule has 0 bridgehead atoms. The first-order valence-corrected chi connectivity index (χ1v) is 5.80. The van der Waals surface area contributed by atoms with Crippen molar-refractivity contribution >= 4 is 6.29 Å². The van der Waals surface area contributed by atoms with Gasteiger partial charge < -0.3 is 4.79 Å². The molecule has 0 heterocycles. The maximum atomic E-state index is 8.81. The van der Waals surface area contributed by atoms with Crippen LogP contribution in [0.4, 0.5) is 0 Å². The number of hydrogen-bond acceptors (Lipinski definition) is 1. The Hall–Kier alpha value is -1.11. The summed E-state index contributed by atoms with van der Waals surface area (Å²) in [5, 5.41) is 0. The second-order valence-electron chi connectivity index (χ2n) is 4.08. The van der Waals surface area contributed by atoms with Crippen LogP contribution in [0, 0.1) is 5.92 Å². The van der Waals surface area contributed by atoms with E-state index in [0.29, 0.717) is 0 Å². The van der Waals surface area contributed by atoms with E-state index >= 15 is 0 Å². The summed E-state index contributed by atoms with van der Waals surface area (Å²) in [6.45, 7) is 1.44. The van der Waals surface area contributed by atoms with Gasteiger partial charge in [0.1, 0.15) is 6.29 Å². The molecule has 0 radical (unpaired) electrons. The molecule has 0 saturated heterocycles. The van der Waals surface area contributed by atoms with Gasteiger partial charge >= 0.3 is 0 Å². The van der Waals surface area contributed by atoms with Crippen LogP contribution >= 0.6 is 0 Å². The van der Waals surface area contributed by atoms with E-state index in [2.05, 4.69) is 30.3 Å². The van der Waals surface area contributed by atoms with Gasteiger partial charge in [-0.15, -0.1) is 0 Å². The Morgan fingerprint density at radius 3 is 2.27 bits per heavy atom. The van der Waals surface area contributed by atoms with E-state index in [1.54, 1.807) is 0 Å². The van der Waals surface area contributed by atoms with Gasteiger partial charge in [0.2, 0.25) is 0 Å². The monoisotopic (exact) mass is 204 g/mol. The van der Waals surface area contributed by atoms with Gasteiger partial charge in [-0.05, 0) is 24.8 Å². The molecule has 0 spiro atoms. The lowest BCUT2D eigenvalue weighted by Gasteiger charge is -2.07. The van der Waals surface area contributed by atoms with Gasteiger partial charge in [-0.25, -0.2) is 0 Å². The smallest absolute Gasteiger partial charge is 0.116 e. The molecule has 0 unspecified atom stereocenters. The Kier molecular flexibility index (Phi) is 5.76. The second-order valence-corrected chi connectivity index (χ2v) is 4.08. The third-order valence-corrected chi connectivity index (χ3v) is 2.84. The molecule has 1 nitrogen and oxygen atoms in total. The highest BCUT2D eigenvalue weighted by Crippen LogP contribution is 2.27. The lowest BCUT2D eigenvalue weighted by molar-refractivity contribution is -0.106. The zero-order valence-electron chi connectivity index (χ0n) is 9.49. The highest BCUT2D eigenvalue weighted by molar-refractivity contribution is 5.44. The molecule has 0 N–H and O–H groups in total. The van der Waals surface area contributed by atoms with E-state index in [9.17, 15) is 0 Å². The minimum Gasteiger partial charge on any atom is -0.304 e. The van der Waals surface area contributed by atoms with E-state index in [1.165, 1.54) is 44.6 Å². The fraction of sp³-hybridized carbons (Fsp3) is 0.500. The molecule has 0 amide bonds. The van der Waals surface area contributed by atoms with E-state index < -0.39 is 0 Å². The summed E-state index contributed by atoms with van der Waals surface area (Å²) in [5.74, 6) is 0.979. The van der Waals surface area contributed by atoms with Crippen molar-refractivity contribution in [2.75, 3.05) is 0 Å². The Bertz CT molecular complexity index is 260. The second kappa shape index (κ2) is 7.22. The zero-order valence-corrected chi connectivity index (χ0v) is 9.49. The van der Waals surface area contributed by atoms with Crippen LogP contribution < -0.4 is 0 Å². The lowest BCUT2D eigenvalue weighted by atomic mass is 9.98. The van der Waals surface area contributed by atoms with Crippen LogP contribution in [-0.4, -0.2) is 6.29 Å². The third-order valence-electron chi connectivity index (χ3n) is 2.84. The van der Waals surface area contributed by atoms with Crippen molar-refractivity contribution in [2.24, 2.45) is 5.92 Å². The first-order valence-electron chi connectivity index (χ1n) is 5.80. The highest BCUT2D eigenvalue weighted by atomic mass is 16.1. The van der Waals surface area contributed by atoms with Gasteiger partial charge in [-0.2, -0.15) is 0 Å². The Morgan fingerprint density at radius 2 is 1.73 bits per heavy atom. The van der Waals surface area contributed by atoms with E-state index in [1.807, 2.05) is 0 Å². The SMILES string of the molecule is CC=O.c1ccc(CC2CCCC2)cc1. The molecule has 1 aromatic rings. The molecule has 0 aliphatic heterocycles. The molecule has 1 aromatic carbocycles. The number of carbonyl (C=O) groups excluding carboxylic acids is 1. The van der Waals surface area contributed by atoms with Crippen LogP contribution in [0.25, 0.3) is 0 Å². The Balaban J connectivity index is 0.000000337. The van der Waals surface area contributed by atoms with E-state index in [0.717, 1.165) is 12.2 Å². The Labute approximate surface area is 92.5 Å². The fourth-order valence-corrected chi connectivity index (χ4v) is 2.16. The van der Waals surface area contributed by atoms with Crippen LogP contribution in [0.5, 0.6) is 0 Å². The summed E-state index contributed by atoms with van der Waals surface area (Å²) in [5.41, 5.74) is 1.52. The summed E-state index contributed by atoms with van der Waals surface area (Å²) >= 11 is 0. The summed E-state index contributed by atoms with van der Waals surface area (Å²) in [6, 6.07) is 10.9. The number of rotatable bonds is 2. The normalized spacial score (nSPS) is 15.5. The highest BCUT2D eigenvalue weighted by Gasteiger charge is 2.14. The topological polar surface area (TPSA) is 17.1 Å². The number of hydrogen-bond donors (Lipinski definition) is 0. The molecular formula is C14H20O. The molecule has 1 aliphatic carbocycles. The number of carbonyl (C=O) groups is 1. The Morgan fingerprint density at radius 1 is 1.20 bits per heavy atom. The minimum absolute atomic E-state index is 0.750. The van der Waals surface area contributed by atoms with Crippen LogP contribution in [0.15, 0.2) is 30.3 Å². The van der Waals surface area contributed by atoms with Gasteiger partial charge in [-0.1, -0.05) is 56.0 Å². The minimum atomic E-state index is 0.750. The molecular weight excluding hydrogens is 184 g/mol. The van der Waals surface area contributed by atoms with Crippen molar-refractivity contribution < 1.29 is 4.79 Å². The molecule has 2 rings (SSSR count). The first kappa shape index (κ1) is 12.0. The van der Waals surface area contributed by atoms with Gasteiger partial charge in [0.15, 0.2) is 0 Å². The standard InChI is InChI=1S/C12H16.C2H4O/c1-2-6-11(7-3-1)10-12-8-4-5-9-12;1-2-3/h1-3,6-7,12H,4-5,8-10H2;2H,1H3. The quantitative estimate of drug-likeness (QED) is 0.672. The maximum Gasteiger partial charge on any atom is 0.116 e. The zero-order chi connectivity index (χ0) is 10.9. The van der Waals surface area contributed by atoms with Gasteiger partial charge in [0.05, 0.1) is 0 Å². The van der Waals surface area contributed by atoms with Crippen LogP contribution in [0.2, 0.25) is 0 Å². The van der Waals surface area contributed by atoms with E-state index in [-0.39, 0.29) is 0 Å². The molecule has 1 fully saturated rings. The van der Waals surface area contributed by atoms with Crippen molar-refractivity contribution in [3.05, 3.63) is 35.9 Å². The van der Waals surface area contributed by atoms with Crippen LogP contribution in [0.3, 0.4) is 0 Å². The van der Waals surface area contributed by atoms with Crippen molar-refractivity contribution in [2.45, 2.75) is 39.0 Å². The predicted octanol–water partition coefficient (Wildman–Crippen LogP) is 3.62. The fourth-order valence-electron chi connectivity index (χ4n) is 2.16. The first-order chi connectivity index (χ1) is 7.36. The average molecular weight is 204 g/mol. The lowest BCUT2D eigenvalue weighted by Crippen LogP contribution is -1.97. The molecule has 1 heteroatoms. The number of aldehydes is 1. The maximum absolute atomic E-state index is 8.81. The van der Waals surface area contributed by atoms with Crippen LogP contribution in [-0.2, 0) is 11.2 Å². The van der Waals surface area contributed by atoms with Crippen molar-refractivity contribution in [1.29, 1.82) is 0 Å². The largest absolute Gasteiger partial charge is 0.304 e. The van der Waals surface area contributed by atoms with Crippen molar-refractivity contribution in [1.82, 2.24) is 0 Å². The summed E-state index contributed by atoms with van der Waals surface area (Å²) in [4.78, 5) is 8.81. The number of benzene rings is 1. The molecule has 0 aromatic heterocycles. The summed E-state index contributed by atoms with van der Waals surface area (Å²) < 4.78 is 0. The molecule has 0 atom stereocenters. The predicted molar refractivity (Wildman–Crippen MR) is 63.8 cm³/mol. The molecule has 82 valence electrons. The van der Waals surface area contributed by atoms with Gasteiger partial charge in [-0.3, -0.25) is 0 Å². The summed E-state index contributed by atoms with van der Waals surface area (Å²) in [6.07, 6.45) is 7.87. The molecule has 1 saturated carbocycles. The van der Waals surface area contributed by atoms with Crippen molar-refractivity contribution in [3.63, 3.8) is 0 Å². The molecule has 15 heavy (non-hydrogen) atoms. The summed E-state index contributed by atoms with van der Waals surface area (Å²) in [7, 11) is 0. The molecule has 1 aliphatic rings. The third kappa shape index (κ3) is 4.78. The van der Waals surface area contributed by atoms with Crippen LogP contribution in [0.1, 0.15) is 38.2 Å². The average Bonchev–Trinajstić information content (AvgIpc) is 2.73. The van der Waals surface area contributed by atoms with Crippen molar-refractivity contribution in [3.8, 4) is 0 Å². The van der Waals surface area contributed by atoms with E-state index in [4.69, 9.17) is 4.79 Å². The van der Waals surface area contributed by atoms with Gasteiger partial charge in [0.25, 0.3) is 0 Å². The van der Waals surface area contributed by atoms with Gasteiger partial charge in [0, 0.05) is 0 Å².